The van der Waals surface area contributed by atoms with Gasteiger partial charge in [0.2, 0.25) is 0 Å². The lowest BCUT2D eigenvalue weighted by atomic mass is 9.89. The number of non-ortho nitro benzene ring substituents is 1. The lowest BCUT2D eigenvalue weighted by Gasteiger charge is -2.48. The normalized spacial score (nSPS) is 17.2. The van der Waals surface area contributed by atoms with E-state index < -0.39 is 10.5 Å². The molecule has 0 amide bonds. The van der Waals surface area contributed by atoms with Gasteiger partial charge in [-0.2, -0.15) is 0 Å². The van der Waals surface area contributed by atoms with E-state index in [9.17, 15) is 15.2 Å². The van der Waals surface area contributed by atoms with Crippen LogP contribution in [-0.2, 0) is 0 Å². The van der Waals surface area contributed by atoms with Crippen LogP contribution in [-0.4, -0.2) is 28.7 Å². The molecule has 1 N–H and O–H groups in total. The molecule has 0 spiro atoms. The van der Waals surface area contributed by atoms with E-state index in [1.165, 1.54) is 12.1 Å². The SMILES string of the molecule is CCCC1(O)CN(c2c(Cl)cc([N+](=O)[O-])cc2Cl)C1. The molecule has 0 unspecified atom stereocenters. The highest BCUT2D eigenvalue weighted by Gasteiger charge is 2.41. The van der Waals surface area contributed by atoms with Crippen LogP contribution in [0.2, 0.25) is 10.0 Å². The molecule has 1 heterocycles. The van der Waals surface area contributed by atoms with E-state index in [0.717, 1.165) is 6.42 Å². The van der Waals surface area contributed by atoms with Crippen molar-refractivity contribution in [2.75, 3.05) is 18.0 Å². The van der Waals surface area contributed by atoms with Crippen LogP contribution in [0.5, 0.6) is 0 Å². The monoisotopic (exact) mass is 304 g/mol. The van der Waals surface area contributed by atoms with Crippen LogP contribution in [0.4, 0.5) is 11.4 Å². The Labute approximate surface area is 120 Å². The molecule has 1 aliphatic rings. The summed E-state index contributed by atoms with van der Waals surface area (Å²) < 4.78 is 0. The second-order valence-electron chi connectivity index (χ2n) is 4.85. The number of aliphatic hydroxyl groups is 1. The number of benzene rings is 1. The van der Waals surface area contributed by atoms with E-state index in [1.54, 1.807) is 0 Å². The van der Waals surface area contributed by atoms with Crippen molar-refractivity contribution in [3.63, 3.8) is 0 Å². The summed E-state index contributed by atoms with van der Waals surface area (Å²) in [6, 6.07) is 2.56. The molecule has 0 aliphatic carbocycles. The van der Waals surface area contributed by atoms with Gasteiger partial charge in [0.1, 0.15) is 0 Å². The fourth-order valence-electron chi connectivity index (χ4n) is 2.41. The minimum atomic E-state index is -0.705. The minimum Gasteiger partial charge on any atom is -0.386 e. The summed E-state index contributed by atoms with van der Waals surface area (Å²) in [7, 11) is 0. The van der Waals surface area contributed by atoms with E-state index in [0.29, 0.717) is 25.2 Å². The Hall–Kier alpha value is -1.04. The molecule has 19 heavy (non-hydrogen) atoms. The number of nitrogens with zero attached hydrogens (tertiary/aromatic N) is 2. The van der Waals surface area contributed by atoms with Crippen LogP contribution >= 0.6 is 23.2 Å². The predicted molar refractivity (Wildman–Crippen MR) is 75.2 cm³/mol. The zero-order chi connectivity index (χ0) is 14.2. The first-order chi connectivity index (χ1) is 8.86. The third-order valence-electron chi connectivity index (χ3n) is 3.21. The molecule has 104 valence electrons. The van der Waals surface area contributed by atoms with Crippen LogP contribution in [0.25, 0.3) is 0 Å². The third-order valence-corrected chi connectivity index (χ3v) is 3.79. The zero-order valence-electron chi connectivity index (χ0n) is 10.4. The highest BCUT2D eigenvalue weighted by atomic mass is 35.5. The second kappa shape index (κ2) is 5.15. The molecule has 1 aromatic rings. The summed E-state index contributed by atoms with van der Waals surface area (Å²) in [5, 5.41) is 21.3. The lowest BCUT2D eigenvalue weighted by molar-refractivity contribution is -0.384. The first kappa shape index (κ1) is 14.4. The van der Waals surface area contributed by atoms with Crippen LogP contribution in [0.15, 0.2) is 12.1 Å². The predicted octanol–water partition coefficient (Wildman–Crippen LogP) is 3.25. The fourth-order valence-corrected chi connectivity index (χ4v) is 3.12. The molecule has 5 nitrogen and oxygen atoms in total. The Morgan fingerprint density at radius 2 is 1.95 bits per heavy atom. The van der Waals surface area contributed by atoms with E-state index in [-0.39, 0.29) is 15.7 Å². The Morgan fingerprint density at radius 1 is 1.42 bits per heavy atom. The maximum atomic E-state index is 10.7. The molecular formula is C12H14Cl2N2O3. The molecule has 0 aromatic heterocycles. The average Bonchev–Trinajstić information content (AvgIpc) is 2.25. The van der Waals surface area contributed by atoms with Crippen molar-refractivity contribution in [3.8, 4) is 0 Å². The molecule has 1 fully saturated rings. The van der Waals surface area contributed by atoms with E-state index >= 15 is 0 Å². The number of β-amino-alcohol motifs (C(OH)–C–C–N with tert-alkyl or cyclic N) is 1. The van der Waals surface area contributed by atoms with Gasteiger partial charge in [0.15, 0.2) is 0 Å². The van der Waals surface area contributed by atoms with E-state index in [1.807, 2.05) is 11.8 Å². The summed E-state index contributed by atoms with van der Waals surface area (Å²) in [6.07, 6.45) is 1.61. The van der Waals surface area contributed by atoms with Crippen LogP contribution in [0.1, 0.15) is 19.8 Å². The number of halogens is 2. The molecule has 1 aliphatic heterocycles. The van der Waals surface area contributed by atoms with Crippen molar-refractivity contribution >= 4 is 34.6 Å². The van der Waals surface area contributed by atoms with Crippen LogP contribution < -0.4 is 4.90 Å². The summed E-state index contributed by atoms with van der Waals surface area (Å²) in [4.78, 5) is 12.0. The number of anilines is 1. The summed E-state index contributed by atoms with van der Waals surface area (Å²) in [5.74, 6) is 0. The van der Waals surface area contributed by atoms with Crippen LogP contribution in [0, 0.1) is 10.1 Å². The standard InChI is InChI=1S/C12H14Cl2N2O3/c1-2-3-12(17)6-15(7-12)11-9(13)4-8(16(18)19)5-10(11)14/h4-5,17H,2-3,6-7H2,1H3. The Morgan fingerprint density at radius 3 is 2.37 bits per heavy atom. The summed E-state index contributed by atoms with van der Waals surface area (Å²) >= 11 is 12.1. The minimum absolute atomic E-state index is 0.136. The molecular weight excluding hydrogens is 291 g/mol. The van der Waals surface area contributed by atoms with Gasteiger partial charge in [0.25, 0.3) is 5.69 Å². The maximum absolute atomic E-state index is 10.7. The molecule has 0 bridgehead atoms. The quantitative estimate of drug-likeness (QED) is 0.685. The van der Waals surface area contributed by atoms with Gasteiger partial charge < -0.3 is 10.0 Å². The molecule has 2 rings (SSSR count). The number of nitro groups is 1. The molecule has 1 saturated heterocycles. The Kier molecular flexibility index (Phi) is 3.90. The fraction of sp³-hybridized carbons (Fsp3) is 0.500. The first-order valence-electron chi connectivity index (χ1n) is 5.97. The third kappa shape index (κ3) is 2.78. The second-order valence-corrected chi connectivity index (χ2v) is 5.66. The van der Waals surface area contributed by atoms with Gasteiger partial charge in [0, 0.05) is 25.2 Å². The molecule has 1 aromatic carbocycles. The van der Waals surface area contributed by atoms with Gasteiger partial charge in [0.05, 0.1) is 26.3 Å². The van der Waals surface area contributed by atoms with Crippen molar-refractivity contribution in [1.82, 2.24) is 0 Å². The van der Waals surface area contributed by atoms with Crippen molar-refractivity contribution in [2.24, 2.45) is 0 Å². The highest BCUT2D eigenvalue weighted by molar-refractivity contribution is 6.39. The number of hydrogen-bond acceptors (Lipinski definition) is 4. The molecule has 0 atom stereocenters. The van der Waals surface area contributed by atoms with E-state index in [4.69, 9.17) is 23.2 Å². The summed E-state index contributed by atoms with van der Waals surface area (Å²) in [6.45, 7) is 2.89. The van der Waals surface area contributed by atoms with Gasteiger partial charge in [-0.3, -0.25) is 10.1 Å². The van der Waals surface area contributed by atoms with Gasteiger partial charge in [-0.25, -0.2) is 0 Å². The van der Waals surface area contributed by atoms with Gasteiger partial charge >= 0.3 is 0 Å². The van der Waals surface area contributed by atoms with Gasteiger partial charge in [-0.15, -0.1) is 0 Å². The smallest absolute Gasteiger partial charge is 0.272 e. The average molecular weight is 305 g/mol. The number of nitro benzene ring substituents is 1. The zero-order valence-corrected chi connectivity index (χ0v) is 11.9. The van der Waals surface area contributed by atoms with Gasteiger partial charge in [-0.1, -0.05) is 36.5 Å². The number of hydrogen-bond donors (Lipinski definition) is 1. The molecule has 0 radical (unpaired) electrons. The maximum Gasteiger partial charge on any atom is 0.272 e. The topological polar surface area (TPSA) is 66.6 Å². The Balaban J connectivity index is 2.22. The first-order valence-corrected chi connectivity index (χ1v) is 6.72. The molecule has 7 heteroatoms. The van der Waals surface area contributed by atoms with Crippen LogP contribution in [0.3, 0.4) is 0 Å². The lowest BCUT2D eigenvalue weighted by Crippen LogP contribution is -2.62. The molecule has 0 saturated carbocycles. The largest absolute Gasteiger partial charge is 0.386 e. The Bertz CT molecular complexity index is 493. The van der Waals surface area contributed by atoms with Gasteiger partial charge in [-0.05, 0) is 6.42 Å². The van der Waals surface area contributed by atoms with Crippen molar-refractivity contribution < 1.29 is 10.0 Å². The van der Waals surface area contributed by atoms with Crippen molar-refractivity contribution in [1.29, 1.82) is 0 Å². The summed E-state index contributed by atoms with van der Waals surface area (Å²) in [5.41, 5.74) is -0.291. The van der Waals surface area contributed by atoms with E-state index in [2.05, 4.69) is 0 Å². The van der Waals surface area contributed by atoms with Crippen molar-refractivity contribution in [3.05, 3.63) is 32.3 Å². The highest BCUT2D eigenvalue weighted by Crippen LogP contribution is 2.42. The number of rotatable bonds is 4. The van der Waals surface area contributed by atoms with Crippen molar-refractivity contribution in [2.45, 2.75) is 25.4 Å².